The van der Waals surface area contributed by atoms with E-state index in [0.29, 0.717) is 0 Å². The zero-order valence-electron chi connectivity index (χ0n) is 8.45. The smallest absolute Gasteiger partial charge is 0.387 e. The molecule has 0 aromatic heterocycles. The molecule has 0 saturated carbocycles. The Morgan fingerprint density at radius 3 is 2.53 bits per heavy atom. The molecule has 0 spiro atoms. The van der Waals surface area contributed by atoms with Crippen molar-refractivity contribution in [2.24, 2.45) is 0 Å². The quantitative estimate of drug-likeness (QED) is 0.360. The number of hydrogen-bond donors (Lipinski definition) is 0. The molecule has 0 aliphatic heterocycles. The average molecular weight is 357 g/mol. The van der Waals surface area contributed by atoms with Crippen molar-refractivity contribution in [3.63, 3.8) is 0 Å². The van der Waals surface area contributed by atoms with Gasteiger partial charge in [-0.1, -0.05) is 0 Å². The highest BCUT2D eigenvalue weighted by Crippen LogP contribution is 2.34. The molecule has 1 aromatic carbocycles. The molecule has 0 unspecified atom stereocenters. The van der Waals surface area contributed by atoms with Gasteiger partial charge in [-0.05, 0) is 35.6 Å². The summed E-state index contributed by atoms with van der Waals surface area (Å²) in [6, 6.07) is 2.32. The predicted octanol–water partition coefficient (Wildman–Crippen LogP) is 3.00. The van der Waals surface area contributed by atoms with Crippen LogP contribution in [0.4, 0.5) is 14.5 Å². The SMILES string of the molecule is CC(=O)c1c([N+](=O)[O-])ccc(I)c1OC(F)F. The van der Waals surface area contributed by atoms with E-state index >= 15 is 0 Å². The maximum Gasteiger partial charge on any atom is 0.387 e. The minimum atomic E-state index is -3.15. The molecule has 0 aliphatic carbocycles. The number of ether oxygens (including phenoxy) is 1. The Bertz CT molecular complexity index is 478. The molecular weight excluding hydrogens is 351 g/mol. The Balaban J connectivity index is 3.48. The Kier molecular flexibility index (Phi) is 4.32. The van der Waals surface area contributed by atoms with Crippen LogP contribution in [0, 0.1) is 13.7 Å². The van der Waals surface area contributed by atoms with Crippen LogP contribution in [0.3, 0.4) is 0 Å². The minimum Gasteiger partial charge on any atom is -0.433 e. The molecule has 0 atom stereocenters. The molecule has 1 rings (SSSR count). The van der Waals surface area contributed by atoms with Gasteiger partial charge in [-0.2, -0.15) is 8.78 Å². The second kappa shape index (κ2) is 5.34. The fourth-order valence-corrected chi connectivity index (χ4v) is 1.82. The van der Waals surface area contributed by atoms with E-state index in [9.17, 15) is 23.7 Å². The maximum absolute atomic E-state index is 12.2. The minimum absolute atomic E-state index is 0.207. The van der Waals surface area contributed by atoms with Crippen molar-refractivity contribution in [3.05, 3.63) is 31.4 Å². The van der Waals surface area contributed by atoms with Crippen LogP contribution in [0.15, 0.2) is 12.1 Å². The van der Waals surface area contributed by atoms with E-state index < -0.39 is 34.3 Å². The van der Waals surface area contributed by atoms with Crippen LogP contribution in [-0.4, -0.2) is 17.3 Å². The van der Waals surface area contributed by atoms with Crippen molar-refractivity contribution in [1.29, 1.82) is 0 Å². The molecule has 5 nitrogen and oxygen atoms in total. The van der Waals surface area contributed by atoms with Crippen molar-refractivity contribution < 1.29 is 23.2 Å². The van der Waals surface area contributed by atoms with Crippen LogP contribution in [0.1, 0.15) is 17.3 Å². The van der Waals surface area contributed by atoms with Crippen LogP contribution in [0.5, 0.6) is 5.75 Å². The number of hydrogen-bond acceptors (Lipinski definition) is 4. The normalized spacial score (nSPS) is 10.4. The Hall–Kier alpha value is -1.32. The Labute approximate surface area is 108 Å². The molecule has 8 heteroatoms. The van der Waals surface area contributed by atoms with E-state index in [2.05, 4.69) is 4.74 Å². The van der Waals surface area contributed by atoms with Crippen molar-refractivity contribution in [3.8, 4) is 5.75 Å². The number of nitrogens with zero attached hydrogens (tertiary/aromatic N) is 1. The summed E-state index contributed by atoms with van der Waals surface area (Å²) in [5.41, 5.74) is -0.990. The van der Waals surface area contributed by atoms with Gasteiger partial charge in [0.05, 0.1) is 8.49 Å². The highest BCUT2D eigenvalue weighted by Gasteiger charge is 2.26. The summed E-state index contributed by atoms with van der Waals surface area (Å²) in [5.74, 6) is -1.16. The first-order valence-corrected chi connectivity index (χ1v) is 5.35. The van der Waals surface area contributed by atoms with Crippen LogP contribution >= 0.6 is 22.6 Å². The number of carbonyl (C=O) groups is 1. The molecule has 17 heavy (non-hydrogen) atoms. The number of benzene rings is 1. The molecule has 0 aliphatic rings. The fourth-order valence-electron chi connectivity index (χ4n) is 1.24. The third-order valence-electron chi connectivity index (χ3n) is 1.84. The second-order valence-electron chi connectivity index (χ2n) is 2.96. The summed E-state index contributed by atoms with van der Waals surface area (Å²) in [5, 5.41) is 10.7. The summed E-state index contributed by atoms with van der Waals surface area (Å²) in [7, 11) is 0. The molecule has 0 saturated heterocycles. The Morgan fingerprint density at radius 1 is 1.53 bits per heavy atom. The van der Waals surface area contributed by atoms with E-state index in [-0.39, 0.29) is 3.57 Å². The second-order valence-corrected chi connectivity index (χ2v) is 4.12. The third kappa shape index (κ3) is 3.08. The first-order valence-electron chi connectivity index (χ1n) is 4.27. The molecule has 0 heterocycles. The number of nitro benzene ring substituents is 1. The van der Waals surface area contributed by atoms with Crippen molar-refractivity contribution in [2.75, 3.05) is 0 Å². The fraction of sp³-hybridized carbons (Fsp3) is 0.222. The first-order chi connectivity index (χ1) is 7.84. The van der Waals surface area contributed by atoms with Crippen LogP contribution < -0.4 is 4.74 Å². The van der Waals surface area contributed by atoms with E-state index in [4.69, 9.17) is 0 Å². The summed E-state index contributed by atoms with van der Waals surface area (Å²) in [4.78, 5) is 21.2. The summed E-state index contributed by atoms with van der Waals surface area (Å²) in [6.07, 6.45) is 0. The van der Waals surface area contributed by atoms with Gasteiger partial charge < -0.3 is 4.74 Å². The van der Waals surface area contributed by atoms with Gasteiger partial charge in [-0.3, -0.25) is 14.9 Å². The number of rotatable bonds is 4. The van der Waals surface area contributed by atoms with Gasteiger partial charge >= 0.3 is 6.61 Å². The molecule has 0 fully saturated rings. The van der Waals surface area contributed by atoms with Crippen LogP contribution in [-0.2, 0) is 0 Å². The van der Waals surface area contributed by atoms with Gasteiger partial charge in [-0.15, -0.1) is 0 Å². The predicted molar refractivity (Wildman–Crippen MR) is 62.4 cm³/mol. The number of halogens is 3. The lowest BCUT2D eigenvalue weighted by Crippen LogP contribution is -2.10. The first kappa shape index (κ1) is 13.7. The highest BCUT2D eigenvalue weighted by atomic mass is 127. The van der Waals surface area contributed by atoms with E-state index in [0.717, 1.165) is 13.0 Å². The summed E-state index contributed by atoms with van der Waals surface area (Å²) < 4.78 is 28.7. The maximum atomic E-state index is 12.2. The molecule has 0 N–H and O–H groups in total. The zero-order valence-corrected chi connectivity index (χ0v) is 10.6. The number of carbonyl (C=O) groups excluding carboxylic acids is 1. The van der Waals surface area contributed by atoms with Crippen LogP contribution in [0.2, 0.25) is 0 Å². The lowest BCUT2D eigenvalue weighted by Gasteiger charge is -2.10. The van der Waals surface area contributed by atoms with Gasteiger partial charge in [-0.25, -0.2) is 0 Å². The molecule has 92 valence electrons. The lowest BCUT2D eigenvalue weighted by molar-refractivity contribution is -0.385. The Morgan fingerprint density at radius 2 is 2.12 bits per heavy atom. The number of alkyl halides is 2. The van der Waals surface area contributed by atoms with Crippen molar-refractivity contribution >= 4 is 34.1 Å². The van der Waals surface area contributed by atoms with Crippen LogP contribution in [0.25, 0.3) is 0 Å². The molecular formula is C9H6F2INO4. The van der Waals surface area contributed by atoms with E-state index in [1.54, 1.807) is 22.6 Å². The number of nitro groups is 1. The van der Waals surface area contributed by atoms with Gasteiger partial charge in [0.15, 0.2) is 11.5 Å². The highest BCUT2D eigenvalue weighted by molar-refractivity contribution is 14.1. The average Bonchev–Trinajstić information content (AvgIpc) is 2.19. The number of Topliss-reactive ketones (excluding diaryl/α,β-unsaturated/α-hetero) is 1. The lowest BCUT2D eigenvalue weighted by atomic mass is 10.1. The zero-order chi connectivity index (χ0) is 13.2. The molecule has 0 amide bonds. The largest absolute Gasteiger partial charge is 0.433 e. The van der Waals surface area contributed by atoms with E-state index in [1.165, 1.54) is 6.07 Å². The van der Waals surface area contributed by atoms with Gasteiger partial charge in [0.1, 0.15) is 5.56 Å². The third-order valence-corrected chi connectivity index (χ3v) is 2.69. The number of ketones is 1. The molecule has 0 bridgehead atoms. The van der Waals surface area contributed by atoms with Gasteiger partial charge in [0.25, 0.3) is 5.69 Å². The summed E-state index contributed by atoms with van der Waals surface area (Å²) in [6.45, 7) is -2.10. The monoisotopic (exact) mass is 357 g/mol. The van der Waals surface area contributed by atoms with Gasteiger partial charge in [0, 0.05) is 6.07 Å². The summed E-state index contributed by atoms with van der Waals surface area (Å²) >= 11 is 1.66. The standard InChI is InChI=1S/C9H6F2INO4/c1-4(14)7-6(13(15)16)3-2-5(12)8(7)17-9(10)11/h2-3,9H,1H3. The molecule has 0 radical (unpaired) electrons. The molecule has 1 aromatic rings. The van der Waals surface area contributed by atoms with Gasteiger partial charge in [0.2, 0.25) is 0 Å². The topological polar surface area (TPSA) is 69.4 Å². The van der Waals surface area contributed by atoms with Crippen molar-refractivity contribution in [1.82, 2.24) is 0 Å². The van der Waals surface area contributed by atoms with Crippen molar-refractivity contribution in [2.45, 2.75) is 13.5 Å². The van der Waals surface area contributed by atoms with E-state index in [1.807, 2.05) is 0 Å².